The van der Waals surface area contributed by atoms with E-state index >= 15 is 0 Å². The summed E-state index contributed by atoms with van der Waals surface area (Å²) in [7, 11) is -13.7. The molecule has 0 aromatic heterocycles. The quantitative estimate of drug-likeness (QED) is 0.0456. The summed E-state index contributed by atoms with van der Waals surface area (Å²) in [5.41, 5.74) is 49.7. The molecule has 610 valence electrons. The van der Waals surface area contributed by atoms with E-state index in [-0.39, 0.29) is 11.8 Å². The van der Waals surface area contributed by atoms with Crippen LogP contribution in [0.25, 0.3) is 64.6 Å². The molecular weight excluding hydrogens is 1490 g/mol. The van der Waals surface area contributed by atoms with Crippen molar-refractivity contribution in [2.24, 2.45) is 0 Å². The van der Waals surface area contributed by atoms with E-state index in [0.29, 0.717) is 99.7 Å². The number of fused-ring (bicyclic) bond motifs is 6. The summed E-state index contributed by atoms with van der Waals surface area (Å²) in [5, 5.41) is 14.6. The predicted molar refractivity (Wildman–Crippen MR) is 534 cm³/mol. The van der Waals surface area contributed by atoms with Crippen molar-refractivity contribution in [2.45, 2.75) is 361 Å². The van der Waals surface area contributed by atoms with Crippen molar-refractivity contribution < 1.29 is 0 Å². The van der Waals surface area contributed by atoms with E-state index in [9.17, 15) is 0 Å². The zero-order valence-corrected chi connectivity index (χ0v) is 84.9. The molecule has 12 rings (SSSR count). The molecule has 0 amide bonds. The van der Waals surface area contributed by atoms with E-state index in [2.05, 4.69) is 427 Å². The van der Waals surface area contributed by atoms with Crippen molar-refractivity contribution in [1.29, 1.82) is 0 Å². The highest BCUT2D eigenvalue weighted by Gasteiger charge is 2.49. The van der Waals surface area contributed by atoms with Gasteiger partial charge in [-0.05, 0) is 234 Å². The van der Waals surface area contributed by atoms with Gasteiger partial charge in [0.25, 0.3) is 0 Å². The van der Waals surface area contributed by atoms with Crippen LogP contribution in [0.5, 0.6) is 0 Å². The minimum Gasteiger partial charge on any atom is -0.125 e. The standard InChI is InChI=1S/C110H146Si6/c1-67(2)111(68(3)4,69(5)6)55-49-91-85-43-37-38-44-86(85)92(50-56-112(70(7)8,71(9)10)72(11)12)98-62-104-103(61-97(91)98)109-105-63-99-93(51-57-113(73(13)14,74(15)16)75(17)18)87-45-39-41-47-89(87)95(53-59-115(79(25)26,80(27)28)81(29)30)101(99)65-107(105)110(104)108-66-102-96(54-60-116(82(31)32,83(33)34)84(35)36)90-48-42-40-46-88(90)94(100(102)64-106(108)109)52-58-114(76(19)20,77(21)22)78(23)24/h37-48,61-84,109-110H,1-36H3. The fourth-order valence-corrected chi connectivity index (χ4v) is 56.9. The van der Waals surface area contributed by atoms with Crippen LogP contribution in [0.15, 0.2) is 109 Å². The van der Waals surface area contributed by atoms with Gasteiger partial charge in [0.2, 0.25) is 0 Å². The second-order valence-electron chi connectivity index (χ2n) is 41.7. The molecule has 2 bridgehead atoms. The molecule has 9 aromatic carbocycles. The van der Waals surface area contributed by atoms with Crippen molar-refractivity contribution in [3.63, 3.8) is 0 Å². The van der Waals surface area contributed by atoms with Gasteiger partial charge in [-0.2, -0.15) is 0 Å². The summed E-state index contributed by atoms with van der Waals surface area (Å²) in [6, 6.07) is 44.1. The van der Waals surface area contributed by atoms with E-state index in [4.69, 9.17) is 0 Å². The Balaban J connectivity index is 1.46. The fraction of sp³-hybridized carbons (Fsp3) is 0.509. The first kappa shape index (κ1) is 90.0. The predicted octanol–water partition coefficient (Wildman–Crippen LogP) is 33.0. The Morgan fingerprint density at radius 2 is 0.267 bits per heavy atom. The van der Waals surface area contributed by atoms with Crippen LogP contribution in [0, 0.1) is 68.8 Å². The second-order valence-corrected chi connectivity index (χ2v) is 75.2. The normalized spacial score (nSPS) is 14.8. The van der Waals surface area contributed by atoms with Crippen LogP contribution in [0.3, 0.4) is 0 Å². The molecule has 0 unspecified atom stereocenters. The largest absolute Gasteiger partial charge is 0.146 e. The van der Waals surface area contributed by atoms with Crippen molar-refractivity contribution in [3.8, 4) is 68.8 Å². The fourth-order valence-electron chi connectivity index (χ4n) is 25.7. The first-order valence-corrected chi connectivity index (χ1v) is 59.1. The Morgan fingerprint density at radius 1 is 0.164 bits per heavy atom. The smallest absolute Gasteiger partial charge is 0.125 e. The van der Waals surface area contributed by atoms with Gasteiger partial charge in [-0.15, -0.1) is 33.3 Å². The molecular formula is C110H146Si6. The molecule has 0 radical (unpaired) electrons. The zero-order chi connectivity index (χ0) is 85.6. The third kappa shape index (κ3) is 14.4. The molecule has 0 atom stereocenters. The van der Waals surface area contributed by atoms with Crippen LogP contribution in [0.1, 0.15) is 328 Å². The third-order valence-corrected chi connectivity index (χ3v) is 68.9. The Bertz CT molecular complexity index is 4660. The lowest BCUT2D eigenvalue weighted by atomic mass is 9.59. The second kappa shape index (κ2) is 34.0. The van der Waals surface area contributed by atoms with Gasteiger partial charge in [-0.1, -0.05) is 358 Å². The van der Waals surface area contributed by atoms with Gasteiger partial charge in [-0.25, -0.2) is 0 Å². The molecule has 6 heteroatoms. The molecule has 0 saturated carbocycles. The molecule has 0 spiro atoms. The monoisotopic (exact) mass is 1640 g/mol. The number of hydrogen-bond acceptors (Lipinski definition) is 0. The summed E-state index contributed by atoms with van der Waals surface area (Å²) < 4.78 is 0. The molecule has 0 saturated heterocycles. The highest BCUT2D eigenvalue weighted by Crippen LogP contribution is 2.60. The van der Waals surface area contributed by atoms with Gasteiger partial charge >= 0.3 is 0 Å². The Hall–Kier alpha value is -6.80. The summed E-state index contributed by atoms with van der Waals surface area (Å²) in [6.07, 6.45) is 0. The molecule has 116 heavy (non-hydrogen) atoms. The maximum Gasteiger partial charge on any atom is 0.146 e. The van der Waals surface area contributed by atoms with Crippen LogP contribution in [-0.2, 0) is 0 Å². The van der Waals surface area contributed by atoms with Gasteiger partial charge in [0.05, 0.1) is 0 Å². The first-order valence-electron chi connectivity index (χ1n) is 45.7. The van der Waals surface area contributed by atoms with Crippen LogP contribution in [0.2, 0.25) is 99.7 Å². The van der Waals surface area contributed by atoms with Crippen LogP contribution in [-0.4, -0.2) is 48.4 Å². The molecule has 9 aromatic rings. The van der Waals surface area contributed by atoms with E-state index in [1.807, 2.05) is 0 Å². The number of rotatable bonds is 18. The third-order valence-electron chi connectivity index (χ3n) is 31.2. The maximum atomic E-state index is 4.37. The first-order chi connectivity index (χ1) is 54.4. The van der Waals surface area contributed by atoms with Gasteiger partial charge in [0, 0.05) is 45.2 Å². The van der Waals surface area contributed by atoms with Crippen molar-refractivity contribution in [1.82, 2.24) is 0 Å². The number of benzene rings is 9. The van der Waals surface area contributed by atoms with Gasteiger partial charge < -0.3 is 0 Å². The number of hydrogen-bond donors (Lipinski definition) is 0. The summed E-state index contributed by atoms with van der Waals surface area (Å²) in [4.78, 5) is 0. The van der Waals surface area contributed by atoms with Crippen LogP contribution in [0.4, 0.5) is 0 Å². The molecule has 3 aliphatic carbocycles. The Kier molecular flexibility index (Phi) is 26.4. The van der Waals surface area contributed by atoms with E-state index in [1.165, 1.54) is 98.0 Å². The Labute approximate surface area is 713 Å². The highest BCUT2D eigenvalue weighted by molar-refractivity contribution is 6.93. The molecule has 3 aliphatic rings. The Morgan fingerprint density at radius 3 is 0.362 bits per heavy atom. The highest BCUT2D eigenvalue weighted by atomic mass is 28.3. The molecule has 0 aliphatic heterocycles. The average molecular weight is 1640 g/mol. The summed E-state index contributed by atoms with van der Waals surface area (Å²) in [6.45, 7) is 88.8. The molecule has 0 fully saturated rings. The summed E-state index contributed by atoms with van der Waals surface area (Å²) >= 11 is 0. The van der Waals surface area contributed by atoms with Gasteiger partial charge in [0.15, 0.2) is 0 Å². The molecule has 0 heterocycles. The SMILES string of the molecule is CC(C)[Si](C#Cc1c2ccccc2c(C#C[Si](C(C)C)(C(C)C)C(C)C)c2cc3c(cc12)C1c2cc4c(C#C[Si](C(C)C)(C(C)C)C(C)C)c5ccccc5c(C#C[Si](C(C)C)(C(C)C)C(C)C)c4cc2C3c2cc3c(C#C[Si](C(C)C)(C(C)C)C(C)C)c4ccccc4c(C#C[Si](C(C)C)(C(C)C)C(C)C)c3cc21)(C(C)C)C(C)C. The molecule has 0 nitrogen and oxygen atoms in total. The van der Waals surface area contributed by atoms with E-state index < -0.39 is 48.4 Å². The van der Waals surface area contributed by atoms with Crippen LogP contribution >= 0.6 is 0 Å². The minimum absolute atomic E-state index is 0.182. The summed E-state index contributed by atoms with van der Waals surface area (Å²) in [5.74, 6) is 25.3. The lowest BCUT2D eigenvalue weighted by Gasteiger charge is -2.43. The minimum atomic E-state index is -2.28. The van der Waals surface area contributed by atoms with Crippen LogP contribution < -0.4 is 0 Å². The lowest BCUT2D eigenvalue weighted by Crippen LogP contribution is -2.43. The maximum absolute atomic E-state index is 4.37. The lowest BCUT2D eigenvalue weighted by molar-refractivity contribution is 0.761. The van der Waals surface area contributed by atoms with E-state index in [1.54, 1.807) is 0 Å². The molecule has 0 N–H and O–H groups in total. The van der Waals surface area contributed by atoms with Crippen molar-refractivity contribution in [2.75, 3.05) is 0 Å². The van der Waals surface area contributed by atoms with E-state index in [0.717, 1.165) is 33.4 Å². The van der Waals surface area contributed by atoms with Gasteiger partial charge in [0.1, 0.15) is 48.4 Å². The van der Waals surface area contributed by atoms with Gasteiger partial charge in [-0.3, -0.25) is 0 Å². The van der Waals surface area contributed by atoms with Crippen molar-refractivity contribution >= 4 is 113 Å². The topological polar surface area (TPSA) is 0 Å². The average Bonchev–Trinajstić information content (AvgIpc) is 0.677. The zero-order valence-electron chi connectivity index (χ0n) is 78.9. The van der Waals surface area contributed by atoms with Crippen molar-refractivity contribution in [3.05, 3.63) is 176 Å².